The number of rotatable bonds is 1. The second kappa shape index (κ2) is 4.23. The molecule has 1 N–H and O–H groups in total. The van der Waals surface area contributed by atoms with Crippen LogP contribution in [0.2, 0.25) is 0 Å². The van der Waals surface area contributed by atoms with E-state index in [-0.39, 0.29) is 5.54 Å². The first-order chi connectivity index (χ1) is 9.76. The molecule has 1 aliphatic carbocycles. The number of benzene rings is 1. The molecule has 2 heterocycles. The number of aliphatic imine (C=N–C) groups is 1. The predicted octanol–water partition coefficient (Wildman–Crippen LogP) is 3.20. The van der Waals surface area contributed by atoms with Gasteiger partial charge in [0.2, 0.25) is 0 Å². The van der Waals surface area contributed by atoms with Crippen molar-refractivity contribution in [2.24, 2.45) is 4.99 Å². The van der Waals surface area contributed by atoms with E-state index in [0.717, 1.165) is 37.4 Å². The predicted molar refractivity (Wildman–Crippen MR) is 80.0 cm³/mol. The van der Waals surface area contributed by atoms with Crippen LogP contribution in [0.15, 0.2) is 46.0 Å². The van der Waals surface area contributed by atoms with Crippen molar-refractivity contribution < 1.29 is 4.42 Å². The fraction of sp³-hybridized carbons (Fsp3) is 0.353. The van der Waals surface area contributed by atoms with Gasteiger partial charge in [-0.1, -0.05) is 18.2 Å². The Morgan fingerprint density at radius 3 is 2.95 bits per heavy atom. The van der Waals surface area contributed by atoms with Crippen LogP contribution in [0.1, 0.15) is 24.5 Å². The molecule has 2 aliphatic rings. The van der Waals surface area contributed by atoms with Crippen molar-refractivity contribution >= 4 is 5.84 Å². The number of nitrogens with one attached hydrogen (secondary N) is 1. The maximum atomic E-state index is 5.58. The molecule has 1 atom stereocenters. The summed E-state index contributed by atoms with van der Waals surface area (Å²) in [5.74, 6) is 2.05. The highest BCUT2D eigenvalue weighted by Gasteiger charge is 2.37. The summed E-state index contributed by atoms with van der Waals surface area (Å²) in [5.41, 5.74) is 4.19. The first-order valence-electron chi connectivity index (χ1n) is 7.21. The van der Waals surface area contributed by atoms with E-state index in [2.05, 4.69) is 30.4 Å². The normalized spacial score (nSPS) is 24.4. The Bertz CT molecular complexity index is 672. The molecular weight excluding hydrogens is 248 g/mol. The minimum absolute atomic E-state index is 0.0822. The number of hydrogen-bond acceptors (Lipinski definition) is 3. The smallest absolute Gasteiger partial charge is 0.134 e. The van der Waals surface area contributed by atoms with Crippen molar-refractivity contribution in [3.63, 3.8) is 0 Å². The van der Waals surface area contributed by atoms with E-state index >= 15 is 0 Å². The highest BCUT2D eigenvalue weighted by atomic mass is 16.3. The molecule has 2 aromatic rings. The summed E-state index contributed by atoms with van der Waals surface area (Å²) in [6.45, 7) is 3.03. The van der Waals surface area contributed by atoms with Gasteiger partial charge >= 0.3 is 0 Å². The number of amidine groups is 1. The molecule has 0 unspecified atom stereocenters. The summed E-state index contributed by atoms with van der Waals surface area (Å²) in [6.07, 6.45) is 4.96. The Morgan fingerprint density at radius 2 is 2.20 bits per heavy atom. The molecule has 0 fully saturated rings. The van der Waals surface area contributed by atoms with E-state index in [1.165, 1.54) is 16.7 Å². The Labute approximate surface area is 118 Å². The van der Waals surface area contributed by atoms with Gasteiger partial charge in [0, 0.05) is 12.1 Å². The SMILES string of the molecule is CC1=N[C@@]2(CCc3c(cccc3-c3ccco3)C2)CN1. The Morgan fingerprint density at radius 1 is 1.25 bits per heavy atom. The maximum absolute atomic E-state index is 5.58. The topological polar surface area (TPSA) is 37.5 Å². The van der Waals surface area contributed by atoms with Gasteiger partial charge in [-0.15, -0.1) is 0 Å². The largest absolute Gasteiger partial charge is 0.464 e. The standard InChI is InChI=1S/C17H18N2O/c1-12-18-11-17(19-12)8-7-14-13(10-17)4-2-5-15(14)16-6-3-9-20-16/h2-6,9H,7-8,10-11H2,1H3,(H,18,19)/t17-/m1/s1. The average Bonchev–Trinajstić information content (AvgIpc) is 3.09. The second-order valence-corrected chi connectivity index (χ2v) is 5.87. The molecular formula is C17H18N2O. The lowest BCUT2D eigenvalue weighted by Gasteiger charge is -2.32. The lowest BCUT2D eigenvalue weighted by molar-refractivity contribution is 0.394. The molecule has 0 saturated heterocycles. The van der Waals surface area contributed by atoms with Crippen LogP contribution in [0.4, 0.5) is 0 Å². The number of furan rings is 1. The maximum Gasteiger partial charge on any atom is 0.134 e. The number of hydrogen-bond donors (Lipinski definition) is 1. The number of nitrogens with zero attached hydrogens (tertiary/aromatic N) is 1. The molecule has 0 saturated carbocycles. The average molecular weight is 266 g/mol. The molecule has 0 radical (unpaired) electrons. The van der Waals surface area contributed by atoms with Crippen LogP contribution < -0.4 is 5.32 Å². The van der Waals surface area contributed by atoms with E-state index in [0.29, 0.717) is 0 Å². The second-order valence-electron chi connectivity index (χ2n) is 5.87. The van der Waals surface area contributed by atoms with Gasteiger partial charge < -0.3 is 9.73 Å². The van der Waals surface area contributed by atoms with E-state index in [1.54, 1.807) is 6.26 Å². The van der Waals surface area contributed by atoms with Gasteiger partial charge in [0.25, 0.3) is 0 Å². The van der Waals surface area contributed by atoms with Gasteiger partial charge in [0.05, 0.1) is 17.6 Å². The lowest BCUT2D eigenvalue weighted by atomic mass is 9.77. The minimum Gasteiger partial charge on any atom is -0.464 e. The quantitative estimate of drug-likeness (QED) is 0.860. The van der Waals surface area contributed by atoms with Gasteiger partial charge in [-0.3, -0.25) is 4.99 Å². The molecule has 20 heavy (non-hydrogen) atoms. The fourth-order valence-electron chi connectivity index (χ4n) is 3.53. The van der Waals surface area contributed by atoms with Crippen LogP contribution in [0.5, 0.6) is 0 Å². The Hall–Kier alpha value is -2.03. The third-order valence-electron chi connectivity index (χ3n) is 4.50. The van der Waals surface area contributed by atoms with Crippen LogP contribution in [0.3, 0.4) is 0 Å². The Balaban J connectivity index is 1.76. The fourth-order valence-corrected chi connectivity index (χ4v) is 3.53. The van der Waals surface area contributed by atoms with Crippen LogP contribution in [0.25, 0.3) is 11.3 Å². The van der Waals surface area contributed by atoms with Crippen molar-refractivity contribution in [1.82, 2.24) is 5.32 Å². The zero-order valence-electron chi connectivity index (χ0n) is 11.6. The summed E-state index contributed by atoms with van der Waals surface area (Å²) in [7, 11) is 0. The molecule has 4 rings (SSSR count). The molecule has 3 nitrogen and oxygen atoms in total. The van der Waals surface area contributed by atoms with Crippen LogP contribution in [-0.4, -0.2) is 17.9 Å². The summed E-state index contributed by atoms with van der Waals surface area (Å²) in [6, 6.07) is 10.5. The zero-order valence-corrected chi connectivity index (χ0v) is 11.6. The summed E-state index contributed by atoms with van der Waals surface area (Å²) in [5, 5.41) is 3.38. The molecule has 0 bridgehead atoms. The van der Waals surface area contributed by atoms with E-state index in [9.17, 15) is 0 Å². The van der Waals surface area contributed by atoms with Crippen LogP contribution >= 0.6 is 0 Å². The first-order valence-corrected chi connectivity index (χ1v) is 7.21. The lowest BCUT2D eigenvalue weighted by Crippen LogP contribution is -2.38. The van der Waals surface area contributed by atoms with Crippen molar-refractivity contribution in [2.75, 3.05) is 6.54 Å². The molecule has 1 aromatic heterocycles. The van der Waals surface area contributed by atoms with Crippen LogP contribution in [-0.2, 0) is 12.8 Å². The first kappa shape index (κ1) is 11.8. The summed E-state index contributed by atoms with van der Waals surface area (Å²) < 4.78 is 5.58. The third-order valence-corrected chi connectivity index (χ3v) is 4.50. The number of fused-ring (bicyclic) bond motifs is 1. The molecule has 1 aliphatic heterocycles. The van der Waals surface area contributed by atoms with E-state index in [1.807, 2.05) is 12.1 Å². The van der Waals surface area contributed by atoms with Crippen molar-refractivity contribution in [1.29, 1.82) is 0 Å². The molecule has 1 spiro atoms. The minimum atomic E-state index is 0.0822. The molecule has 1 aromatic carbocycles. The van der Waals surface area contributed by atoms with Crippen molar-refractivity contribution in [2.45, 2.75) is 31.7 Å². The highest BCUT2D eigenvalue weighted by Crippen LogP contribution is 2.38. The van der Waals surface area contributed by atoms with Gasteiger partial charge in [0.1, 0.15) is 5.76 Å². The van der Waals surface area contributed by atoms with Crippen molar-refractivity contribution in [3.8, 4) is 11.3 Å². The molecule has 102 valence electrons. The Kier molecular flexibility index (Phi) is 2.49. The van der Waals surface area contributed by atoms with Crippen LogP contribution in [0, 0.1) is 0 Å². The van der Waals surface area contributed by atoms with E-state index < -0.39 is 0 Å². The van der Waals surface area contributed by atoms with Crippen molar-refractivity contribution in [3.05, 3.63) is 47.7 Å². The van der Waals surface area contributed by atoms with Gasteiger partial charge in [-0.05, 0) is 49.4 Å². The van der Waals surface area contributed by atoms with E-state index in [4.69, 9.17) is 9.41 Å². The van der Waals surface area contributed by atoms with Gasteiger partial charge in [0.15, 0.2) is 0 Å². The summed E-state index contributed by atoms with van der Waals surface area (Å²) >= 11 is 0. The molecule has 3 heteroatoms. The molecule has 0 amide bonds. The third kappa shape index (κ3) is 1.77. The highest BCUT2D eigenvalue weighted by molar-refractivity contribution is 5.82. The van der Waals surface area contributed by atoms with Gasteiger partial charge in [-0.2, -0.15) is 0 Å². The summed E-state index contributed by atoms with van der Waals surface area (Å²) in [4.78, 5) is 4.85. The monoisotopic (exact) mass is 266 g/mol. The van der Waals surface area contributed by atoms with Gasteiger partial charge in [-0.25, -0.2) is 0 Å². The zero-order chi connectivity index (χ0) is 13.6.